The Labute approximate surface area is 140 Å². The van der Waals surface area contributed by atoms with Gasteiger partial charge in [0.1, 0.15) is 5.75 Å². The molecule has 0 aliphatic heterocycles. The zero-order valence-corrected chi connectivity index (χ0v) is 13.6. The number of hydrogen-bond donors (Lipinski definition) is 2. The van der Waals surface area contributed by atoms with E-state index in [1.54, 1.807) is 44.5 Å². The fraction of sp³-hybridized carbons (Fsp3) is 0.167. The Morgan fingerprint density at radius 2 is 1.75 bits per heavy atom. The second-order valence-electron chi connectivity index (χ2n) is 4.95. The Morgan fingerprint density at radius 1 is 1.08 bits per heavy atom. The van der Waals surface area contributed by atoms with E-state index < -0.39 is 0 Å². The highest BCUT2D eigenvalue weighted by Gasteiger charge is 2.05. The predicted octanol–water partition coefficient (Wildman–Crippen LogP) is 2.81. The van der Waals surface area contributed by atoms with Crippen molar-refractivity contribution >= 4 is 23.7 Å². The van der Waals surface area contributed by atoms with Gasteiger partial charge in [0.25, 0.3) is 5.91 Å². The normalized spacial score (nSPS) is 10.4. The molecule has 2 rings (SSSR count). The first kappa shape index (κ1) is 17.2. The van der Waals surface area contributed by atoms with Crippen LogP contribution in [0.3, 0.4) is 0 Å². The molecule has 6 nitrogen and oxygen atoms in total. The van der Waals surface area contributed by atoms with Crippen molar-refractivity contribution in [2.45, 2.75) is 13.3 Å². The van der Waals surface area contributed by atoms with E-state index in [0.717, 1.165) is 11.3 Å². The Hall–Kier alpha value is -3.15. The summed E-state index contributed by atoms with van der Waals surface area (Å²) in [6, 6.07) is 13.9. The molecule has 2 aromatic carbocycles. The molecule has 0 saturated heterocycles. The molecule has 2 aromatic rings. The van der Waals surface area contributed by atoms with Crippen LogP contribution in [-0.4, -0.2) is 25.1 Å². The van der Waals surface area contributed by atoms with E-state index in [-0.39, 0.29) is 11.8 Å². The van der Waals surface area contributed by atoms with Gasteiger partial charge < -0.3 is 10.1 Å². The Balaban J connectivity index is 1.91. The number of ether oxygens (including phenoxy) is 1. The molecular formula is C18H19N3O3. The first-order valence-corrected chi connectivity index (χ1v) is 7.49. The average molecular weight is 325 g/mol. The third-order valence-electron chi connectivity index (χ3n) is 3.25. The van der Waals surface area contributed by atoms with Gasteiger partial charge in [0, 0.05) is 17.7 Å². The number of nitrogens with one attached hydrogen (secondary N) is 2. The summed E-state index contributed by atoms with van der Waals surface area (Å²) in [6.45, 7) is 1.78. The van der Waals surface area contributed by atoms with Gasteiger partial charge in [-0.25, -0.2) is 5.43 Å². The Kier molecular flexibility index (Phi) is 6.08. The molecule has 0 spiro atoms. The van der Waals surface area contributed by atoms with Crippen LogP contribution in [0.1, 0.15) is 29.3 Å². The van der Waals surface area contributed by atoms with Gasteiger partial charge in [-0.3, -0.25) is 9.59 Å². The zero-order valence-electron chi connectivity index (χ0n) is 13.6. The van der Waals surface area contributed by atoms with E-state index in [0.29, 0.717) is 17.7 Å². The number of carbonyl (C=O) groups is 2. The molecule has 2 amide bonds. The van der Waals surface area contributed by atoms with Crippen molar-refractivity contribution in [2.75, 3.05) is 12.4 Å². The van der Waals surface area contributed by atoms with E-state index in [1.165, 1.54) is 0 Å². The lowest BCUT2D eigenvalue weighted by Crippen LogP contribution is -2.17. The number of anilines is 1. The average Bonchev–Trinajstić information content (AvgIpc) is 2.62. The summed E-state index contributed by atoms with van der Waals surface area (Å²) < 4.78 is 5.07. The van der Waals surface area contributed by atoms with Crippen molar-refractivity contribution < 1.29 is 14.3 Å². The molecule has 0 aliphatic rings. The van der Waals surface area contributed by atoms with Crippen LogP contribution in [0.25, 0.3) is 0 Å². The van der Waals surface area contributed by atoms with Crippen LogP contribution in [-0.2, 0) is 4.79 Å². The largest absolute Gasteiger partial charge is 0.497 e. The van der Waals surface area contributed by atoms with Crippen LogP contribution in [0, 0.1) is 0 Å². The van der Waals surface area contributed by atoms with Crippen LogP contribution in [0.2, 0.25) is 0 Å². The number of nitrogens with zero attached hydrogens (tertiary/aromatic N) is 1. The van der Waals surface area contributed by atoms with Crippen molar-refractivity contribution in [2.24, 2.45) is 5.10 Å². The van der Waals surface area contributed by atoms with Crippen LogP contribution in [0.4, 0.5) is 5.69 Å². The molecule has 0 heterocycles. The highest BCUT2D eigenvalue weighted by atomic mass is 16.5. The molecule has 0 aromatic heterocycles. The maximum absolute atomic E-state index is 12.0. The first-order chi connectivity index (χ1) is 11.6. The molecular weight excluding hydrogens is 306 g/mol. The third kappa shape index (κ3) is 4.95. The fourth-order valence-electron chi connectivity index (χ4n) is 1.87. The molecule has 0 saturated carbocycles. The maximum Gasteiger partial charge on any atom is 0.271 e. The number of benzene rings is 2. The summed E-state index contributed by atoms with van der Waals surface area (Å²) in [5, 5.41) is 6.64. The monoisotopic (exact) mass is 325 g/mol. The summed E-state index contributed by atoms with van der Waals surface area (Å²) >= 11 is 0. The molecule has 6 heteroatoms. The predicted molar refractivity (Wildman–Crippen MR) is 93.4 cm³/mol. The summed E-state index contributed by atoms with van der Waals surface area (Å²) in [4.78, 5) is 23.3. The Bertz CT molecular complexity index is 722. The van der Waals surface area contributed by atoms with Crippen molar-refractivity contribution in [3.8, 4) is 5.75 Å². The van der Waals surface area contributed by atoms with E-state index in [9.17, 15) is 9.59 Å². The van der Waals surface area contributed by atoms with Gasteiger partial charge >= 0.3 is 0 Å². The highest BCUT2D eigenvalue weighted by Crippen LogP contribution is 2.11. The van der Waals surface area contributed by atoms with Gasteiger partial charge in [-0.15, -0.1) is 0 Å². The molecule has 24 heavy (non-hydrogen) atoms. The van der Waals surface area contributed by atoms with Crippen molar-refractivity contribution in [3.05, 3.63) is 59.7 Å². The van der Waals surface area contributed by atoms with E-state index in [2.05, 4.69) is 15.8 Å². The minimum absolute atomic E-state index is 0.0729. The second-order valence-corrected chi connectivity index (χ2v) is 4.95. The van der Waals surface area contributed by atoms with Gasteiger partial charge in [-0.1, -0.05) is 6.92 Å². The van der Waals surface area contributed by atoms with E-state index in [4.69, 9.17) is 4.74 Å². The number of rotatable bonds is 6. The maximum atomic E-state index is 12.0. The molecule has 0 radical (unpaired) electrons. The minimum atomic E-state index is -0.326. The summed E-state index contributed by atoms with van der Waals surface area (Å²) in [7, 11) is 1.60. The van der Waals surface area contributed by atoms with Crippen LogP contribution in [0.15, 0.2) is 53.6 Å². The van der Waals surface area contributed by atoms with Gasteiger partial charge in [-0.2, -0.15) is 5.10 Å². The third-order valence-corrected chi connectivity index (χ3v) is 3.25. The van der Waals surface area contributed by atoms with Crippen molar-refractivity contribution in [1.29, 1.82) is 0 Å². The lowest BCUT2D eigenvalue weighted by molar-refractivity contribution is -0.115. The van der Waals surface area contributed by atoms with Gasteiger partial charge in [0.2, 0.25) is 5.91 Å². The van der Waals surface area contributed by atoms with Gasteiger partial charge in [0.05, 0.1) is 13.3 Å². The van der Waals surface area contributed by atoms with Gasteiger partial charge in [0.15, 0.2) is 0 Å². The molecule has 0 atom stereocenters. The van der Waals surface area contributed by atoms with Crippen LogP contribution >= 0.6 is 0 Å². The van der Waals surface area contributed by atoms with E-state index in [1.807, 2.05) is 24.3 Å². The standard InChI is InChI=1S/C18H19N3O3/c1-3-17(22)20-15-8-6-14(7-9-15)18(23)21-19-12-13-4-10-16(24-2)11-5-13/h4-12H,3H2,1-2H3,(H,20,22)(H,21,23)/b19-12-. The zero-order chi connectivity index (χ0) is 17.4. The molecule has 2 N–H and O–H groups in total. The number of hydrazone groups is 1. The summed E-state index contributed by atoms with van der Waals surface area (Å²) in [5.41, 5.74) is 4.41. The minimum Gasteiger partial charge on any atom is -0.497 e. The lowest BCUT2D eigenvalue weighted by atomic mass is 10.2. The Morgan fingerprint density at radius 3 is 2.33 bits per heavy atom. The van der Waals surface area contributed by atoms with Crippen molar-refractivity contribution in [1.82, 2.24) is 5.43 Å². The molecule has 0 fully saturated rings. The first-order valence-electron chi connectivity index (χ1n) is 7.49. The van der Waals surface area contributed by atoms with Crippen LogP contribution < -0.4 is 15.5 Å². The number of methoxy groups -OCH3 is 1. The second kappa shape index (κ2) is 8.47. The van der Waals surface area contributed by atoms with Gasteiger partial charge in [-0.05, 0) is 54.1 Å². The number of amides is 2. The summed E-state index contributed by atoms with van der Waals surface area (Å²) in [5.74, 6) is 0.357. The number of carbonyl (C=O) groups excluding carboxylic acids is 2. The van der Waals surface area contributed by atoms with Crippen LogP contribution in [0.5, 0.6) is 5.75 Å². The lowest BCUT2D eigenvalue weighted by Gasteiger charge is -2.04. The molecule has 124 valence electrons. The van der Waals surface area contributed by atoms with E-state index >= 15 is 0 Å². The SMILES string of the molecule is CCC(=O)Nc1ccc(C(=O)N/N=C\c2ccc(OC)cc2)cc1. The number of hydrogen-bond acceptors (Lipinski definition) is 4. The summed E-state index contributed by atoms with van der Waals surface area (Å²) in [6.07, 6.45) is 1.95. The van der Waals surface area contributed by atoms with Crippen molar-refractivity contribution in [3.63, 3.8) is 0 Å². The molecule has 0 aliphatic carbocycles. The quantitative estimate of drug-likeness (QED) is 0.633. The highest BCUT2D eigenvalue weighted by molar-refractivity contribution is 5.96. The smallest absolute Gasteiger partial charge is 0.271 e. The molecule has 0 bridgehead atoms. The fourth-order valence-corrected chi connectivity index (χ4v) is 1.87. The topological polar surface area (TPSA) is 79.8 Å². The molecule has 0 unspecified atom stereocenters.